The van der Waals surface area contributed by atoms with Crippen LogP contribution in [-0.4, -0.2) is 56.4 Å². The van der Waals surface area contributed by atoms with Crippen molar-refractivity contribution >= 4 is 11.7 Å². The molecule has 5 rings (SSSR count). The minimum atomic E-state index is -0.0979. The molecule has 3 aliphatic heterocycles. The van der Waals surface area contributed by atoms with Gasteiger partial charge in [0.15, 0.2) is 0 Å². The van der Waals surface area contributed by atoms with E-state index >= 15 is 0 Å². The zero-order chi connectivity index (χ0) is 17.3. The topological polar surface area (TPSA) is 50.8 Å². The molecule has 1 aromatic rings. The lowest BCUT2D eigenvalue weighted by Crippen LogP contribution is -2.69. The number of ether oxygens (including phenoxy) is 2. The molecule has 134 valence electrons. The monoisotopic (exact) mass is 342 g/mol. The number of carbonyl (C=O) groups excluding carboxylic acids is 1. The number of rotatable bonds is 1. The van der Waals surface area contributed by atoms with Crippen LogP contribution in [0.2, 0.25) is 0 Å². The van der Waals surface area contributed by atoms with Crippen molar-refractivity contribution in [2.75, 3.05) is 32.6 Å². The first-order valence-electron chi connectivity index (χ1n) is 9.35. The van der Waals surface area contributed by atoms with Gasteiger partial charge in [0.05, 0.1) is 25.7 Å². The minimum absolute atomic E-state index is 0.0662. The van der Waals surface area contributed by atoms with Crippen molar-refractivity contribution in [3.8, 4) is 0 Å². The smallest absolute Gasteiger partial charge is 0.309 e. The Labute approximate surface area is 148 Å². The molecule has 5 heteroatoms. The van der Waals surface area contributed by atoms with Crippen LogP contribution in [0.15, 0.2) is 24.3 Å². The highest BCUT2D eigenvalue weighted by atomic mass is 16.5. The van der Waals surface area contributed by atoms with Gasteiger partial charge in [0.25, 0.3) is 0 Å². The summed E-state index contributed by atoms with van der Waals surface area (Å²) >= 11 is 0. The molecule has 0 radical (unpaired) electrons. The fourth-order valence-electron chi connectivity index (χ4n) is 6.56. The molecule has 0 aromatic heterocycles. The highest BCUT2D eigenvalue weighted by molar-refractivity contribution is 5.76. The number of benzene rings is 1. The molecule has 1 aliphatic carbocycles. The van der Waals surface area contributed by atoms with Crippen molar-refractivity contribution in [2.45, 2.75) is 36.9 Å². The molecule has 3 heterocycles. The van der Waals surface area contributed by atoms with E-state index in [9.17, 15) is 4.79 Å². The summed E-state index contributed by atoms with van der Waals surface area (Å²) in [4.78, 5) is 15.2. The molecule has 2 saturated heterocycles. The van der Waals surface area contributed by atoms with E-state index in [0.717, 1.165) is 13.0 Å². The maximum Gasteiger partial charge on any atom is 0.309 e. The molecule has 25 heavy (non-hydrogen) atoms. The summed E-state index contributed by atoms with van der Waals surface area (Å²) in [5.41, 5.74) is 2.74. The molecule has 7 atom stereocenters. The van der Waals surface area contributed by atoms with E-state index in [2.05, 4.69) is 48.5 Å². The summed E-state index contributed by atoms with van der Waals surface area (Å²) in [5, 5.41) is 3.78. The van der Waals surface area contributed by atoms with Gasteiger partial charge in [-0.25, -0.2) is 0 Å². The van der Waals surface area contributed by atoms with E-state index in [1.807, 2.05) is 0 Å². The average molecular weight is 342 g/mol. The van der Waals surface area contributed by atoms with Crippen molar-refractivity contribution < 1.29 is 14.3 Å². The molecular weight excluding hydrogens is 316 g/mol. The van der Waals surface area contributed by atoms with Crippen LogP contribution in [0.4, 0.5) is 5.69 Å². The molecule has 4 aliphatic rings. The van der Waals surface area contributed by atoms with Gasteiger partial charge < -0.3 is 19.7 Å². The number of hydrogen-bond acceptors (Lipinski definition) is 5. The number of esters is 1. The van der Waals surface area contributed by atoms with Gasteiger partial charge in [-0.3, -0.25) is 4.79 Å². The van der Waals surface area contributed by atoms with Crippen LogP contribution in [0.3, 0.4) is 0 Å². The molecule has 2 bridgehead atoms. The van der Waals surface area contributed by atoms with Crippen LogP contribution in [0, 0.1) is 17.8 Å². The van der Waals surface area contributed by atoms with Crippen LogP contribution in [0.5, 0.6) is 0 Å². The molecule has 1 aromatic carbocycles. The number of nitrogens with zero attached hydrogens (tertiary/aromatic N) is 1. The normalized spacial score (nSPS) is 44.4. The van der Waals surface area contributed by atoms with Crippen LogP contribution in [0.1, 0.15) is 18.9 Å². The number of hydrogen-bond donors (Lipinski definition) is 1. The number of methoxy groups -OCH3 is 1. The summed E-state index contributed by atoms with van der Waals surface area (Å²) in [6.07, 6.45) is 1.20. The molecule has 0 amide bonds. The van der Waals surface area contributed by atoms with Gasteiger partial charge in [0.1, 0.15) is 0 Å². The van der Waals surface area contributed by atoms with E-state index in [0.29, 0.717) is 12.6 Å². The quantitative estimate of drug-likeness (QED) is 0.790. The predicted molar refractivity (Wildman–Crippen MR) is 94.5 cm³/mol. The third-order valence-electron chi connectivity index (χ3n) is 7.41. The van der Waals surface area contributed by atoms with Crippen molar-refractivity contribution in [1.82, 2.24) is 4.90 Å². The Hall–Kier alpha value is -1.59. The van der Waals surface area contributed by atoms with Gasteiger partial charge in [0.2, 0.25) is 0 Å². The van der Waals surface area contributed by atoms with Crippen molar-refractivity contribution in [3.05, 3.63) is 29.8 Å². The number of nitrogens with one attached hydrogen (secondary N) is 1. The Bertz CT molecular complexity index is 723. The third-order valence-corrected chi connectivity index (χ3v) is 7.41. The summed E-state index contributed by atoms with van der Waals surface area (Å²) in [6.45, 7) is 3.81. The van der Waals surface area contributed by atoms with Gasteiger partial charge >= 0.3 is 5.97 Å². The zero-order valence-electron chi connectivity index (χ0n) is 15.1. The maximum atomic E-state index is 12.8. The number of likely N-dealkylation sites (tertiary alicyclic amines) is 1. The standard InChI is InChI=1S/C20H26N2O3/c1-11-15-16(19(23)24-3)12(10-25-11)17-20(8-9-22(2)18(15)20)13-6-4-5-7-14(13)21-17/h4-7,11-12,15-18,21H,8-10H2,1-3H3/t11?,12-,15+,16-,17+,18?,20?/m1/s1. The van der Waals surface area contributed by atoms with E-state index in [1.165, 1.54) is 18.4 Å². The SMILES string of the molecule is COC(=O)[C@H]1[C@@H]2C(C)OC[C@H]1[C@@H]1Nc3ccccc3C13CCN(C)C23. The Morgan fingerprint density at radius 2 is 2.20 bits per heavy atom. The first-order chi connectivity index (χ1) is 12.1. The van der Waals surface area contributed by atoms with Crippen LogP contribution in [0.25, 0.3) is 0 Å². The van der Waals surface area contributed by atoms with E-state index < -0.39 is 0 Å². The third kappa shape index (κ3) is 1.78. The van der Waals surface area contributed by atoms with Gasteiger partial charge in [-0.05, 0) is 38.6 Å². The summed E-state index contributed by atoms with van der Waals surface area (Å²) in [6, 6.07) is 9.23. The highest BCUT2D eigenvalue weighted by Gasteiger charge is 2.69. The lowest BCUT2D eigenvalue weighted by Gasteiger charge is -2.58. The zero-order valence-corrected chi connectivity index (χ0v) is 15.1. The summed E-state index contributed by atoms with van der Waals surface area (Å²) in [5.74, 6) is 0.155. The van der Waals surface area contributed by atoms with E-state index in [4.69, 9.17) is 9.47 Å². The maximum absolute atomic E-state index is 12.8. The molecule has 1 N–H and O–H groups in total. The molecule has 1 saturated carbocycles. The Morgan fingerprint density at radius 1 is 1.40 bits per heavy atom. The lowest BCUT2D eigenvalue weighted by atomic mass is 9.52. The predicted octanol–water partition coefficient (Wildman–Crippen LogP) is 1.88. The number of carbonyl (C=O) groups is 1. The molecule has 5 nitrogen and oxygen atoms in total. The summed E-state index contributed by atoms with van der Waals surface area (Å²) < 4.78 is 11.4. The molecule has 3 fully saturated rings. The molecule has 3 unspecified atom stereocenters. The van der Waals surface area contributed by atoms with Gasteiger partial charge in [-0.15, -0.1) is 0 Å². The Balaban J connectivity index is 1.72. The number of fused-ring (bicyclic) bond motifs is 5. The second-order valence-corrected chi connectivity index (χ2v) is 8.21. The second-order valence-electron chi connectivity index (χ2n) is 8.21. The van der Waals surface area contributed by atoms with E-state index in [1.54, 1.807) is 0 Å². The number of likely N-dealkylation sites (N-methyl/N-ethyl adjacent to an activating group) is 1. The van der Waals surface area contributed by atoms with Gasteiger partial charge in [-0.1, -0.05) is 18.2 Å². The van der Waals surface area contributed by atoms with Crippen LogP contribution >= 0.6 is 0 Å². The van der Waals surface area contributed by atoms with Crippen LogP contribution in [-0.2, 0) is 19.7 Å². The largest absolute Gasteiger partial charge is 0.469 e. The lowest BCUT2D eigenvalue weighted by molar-refractivity contribution is -0.182. The fourth-order valence-corrected chi connectivity index (χ4v) is 6.56. The fraction of sp³-hybridized carbons (Fsp3) is 0.650. The molecular formula is C20H26N2O3. The second kappa shape index (κ2) is 5.21. The van der Waals surface area contributed by atoms with E-state index in [-0.39, 0.29) is 41.3 Å². The van der Waals surface area contributed by atoms with Crippen molar-refractivity contribution in [3.63, 3.8) is 0 Å². The van der Waals surface area contributed by atoms with Crippen molar-refractivity contribution in [2.24, 2.45) is 17.8 Å². The highest BCUT2D eigenvalue weighted by Crippen LogP contribution is 2.61. The Morgan fingerprint density at radius 3 is 3.00 bits per heavy atom. The number of anilines is 1. The summed E-state index contributed by atoms with van der Waals surface area (Å²) in [7, 11) is 3.72. The first kappa shape index (κ1) is 15.6. The van der Waals surface area contributed by atoms with Crippen LogP contribution < -0.4 is 5.32 Å². The number of para-hydroxylation sites is 1. The molecule has 1 spiro atoms. The first-order valence-corrected chi connectivity index (χ1v) is 9.35. The Kier molecular flexibility index (Phi) is 3.26. The minimum Gasteiger partial charge on any atom is -0.469 e. The average Bonchev–Trinajstić information content (AvgIpc) is 3.14. The van der Waals surface area contributed by atoms with Crippen molar-refractivity contribution in [1.29, 1.82) is 0 Å². The van der Waals surface area contributed by atoms with Gasteiger partial charge in [-0.2, -0.15) is 0 Å². The van der Waals surface area contributed by atoms with Gasteiger partial charge in [0, 0.05) is 35.0 Å².